The number of benzene rings is 2. The van der Waals surface area contributed by atoms with Crippen LogP contribution in [0.1, 0.15) is 29.4 Å². The van der Waals surface area contributed by atoms with Crippen molar-refractivity contribution in [3.05, 3.63) is 88.8 Å². The van der Waals surface area contributed by atoms with E-state index < -0.39 is 0 Å². The second-order valence-electron chi connectivity index (χ2n) is 8.03. The highest BCUT2D eigenvalue weighted by atomic mass is 16.5. The van der Waals surface area contributed by atoms with E-state index in [9.17, 15) is 4.79 Å². The van der Waals surface area contributed by atoms with Crippen molar-refractivity contribution in [2.24, 2.45) is 0 Å². The van der Waals surface area contributed by atoms with Gasteiger partial charge in [-0.2, -0.15) is 0 Å². The summed E-state index contributed by atoms with van der Waals surface area (Å²) in [7, 11) is 4.06. The molecular formula is C27H28N2O3. The number of rotatable bonds is 6. The first-order valence-electron chi connectivity index (χ1n) is 10.7. The summed E-state index contributed by atoms with van der Waals surface area (Å²) in [4.78, 5) is 14.6. The van der Waals surface area contributed by atoms with Crippen LogP contribution < -0.4 is 9.64 Å². The Labute approximate surface area is 189 Å². The molecule has 5 heteroatoms. The minimum absolute atomic E-state index is 0.339. The van der Waals surface area contributed by atoms with E-state index in [1.807, 2.05) is 51.4 Å². The summed E-state index contributed by atoms with van der Waals surface area (Å²) in [6.07, 6.45) is 3.70. The molecule has 5 nitrogen and oxygen atoms in total. The lowest BCUT2D eigenvalue weighted by Gasteiger charge is -2.14. The molecule has 0 unspecified atom stereocenters. The van der Waals surface area contributed by atoms with Crippen molar-refractivity contribution < 1.29 is 14.3 Å². The third kappa shape index (κ3) is 4.19. The third-order valence-corrected chi connectivity index (χ3v) is 5.58. The van der Waals surface area contributed by atoms with Crippen molar-refractivity contribution in [1.29, 1.82) is 0 Å². The van der Waals surface area contributed by atoms with Gasteiger partial charge in [0.25, 0.3) is 0 Å². The zero-order valence-electron chi connectivity index (χ0n) is 19.2. The summed E-state index contributed by atoms with van der Waals surface area (Å²) < 4.78 is 13.2. The predicted molar refractivity (Wildman–Crippen MR) is 129 cm³/mol. The first-order chi connectivity index (χ1) is 15.4. The molecule has 0 radical (unpaired) electrons. The number of ether oxygens (including phenoxy) is 2. The van der Waals surface area contributed by atoms with Crippen molar-refractivity contribution in [2.75, 3.05) is 25.6 Å². The Morgan fingerprint density at radius 3 is 2.34 bits per heavy atom. The average molecular weight is 429 g/mol. The molecule has 0 spiro atoms. The van der Waals surface area contributed by atoms with E-state index in [-0.39, 0.29) is 5.97 Å². The Balaban J connectivity index is 1.63. The number of aryl methyl sites for hydroxylation is 1. The number of anilines is 1. The van der Waals surface area contributed by atoms with Gasteiger partial charge < -0.3 is 18.9 Å². The number of nitrogens with zero attached hydrogens (tertiary/aromatic N) is 2. The molecule has 2 heterocycles. The van der Waals surface area contributed by atoms with Crippen LogP contribution in [0.4, 0.5) is 5.69 Å². The maximum Gasteiger partial charge on any atom is 0.343 e. The molecular weight excluding hydrogens is 400 g/mol. The van der Waals surface area contributed by atoms with Crippen LogP contribution in [-0.2, 0) is 9.53 Å². The zero-order valence-corrected chi connectivity index (χ0v) is 19.2. The van der Waals surface area contributed by atoms with E-state index >= 15 is 0 Å². The molecule has 1 aromatic heterocycles. The molecule has 0 bridgehead atoms. The second-order valence-corrected chi connectivity index (χ2v) is 8.03. The predicted octanol–water partition coefficient (Wildman–Crippen LogP) is 5.54. The quantitative estimate of drug-likeness (QED) is 0.382. The molecule has 0 saturated carbocycles. The minimum Gasteiger partial charge on any atom is -0.494 e. The fourth-order valence-electron chi connectivity index (χ4n) is 3.91. The Hall–Kier alpha value is -3.73. The van der Waals surface area contributed by atoms with Crippen LogP contribution >= 0.6 is 0 Å². The van der Waals surface area contributed by atoms with Gasteiger partial charge in [-0.05, 0) is 93.1 Å². The first-order valence-corrected chi connectivity index (χ1v) is 10.7. The van der Waals surface area contributed by atoms with Crippen LogP contribution in [0.2, 0.25) is 0 Å². The molecule has 2 aromatic carbocycles. The van der Waals surface area contributed by atoms with Gasteiger partial charge in [-0.25, -0.2) is 4.79 Å². The van der Waals surface area contributed by atoms with E-state index in [2.05, 4.69) is 53.6 Å². The molecule has 0 amide bonds. The smallest absolute Gasteiger partial charge is 0.343 e. The zero-order chi connectivity index (χ0) is 22.8. The molecule has 0 aliphatic carbocycles. The average Bonchev–Trinajstić information content (AvgIpc) is 3.28. The Morgan fingerprint density at radius 2 is 1.72 bits per heavy atom. The monoisotopic (exact) mass is 428 g/mol. The van der Waals surface area contributed by atoms with Crippen LogP contribution in [0.25, 0.3) is 17.5 Å². The highest BCUT2D eigenvalue weighted by molar-refractivity contribution is 6.05. The fraction of sp³-hybridized carbons (Fsp3) is 0.222. The van der Waals surface area contributed by atoms with Crippen molar-refractivity contribution in [3.8, 4) is 11.4 Å². The van der Waals surface area contributed by atoms with Gasteiger partial charge in [0.2, 0.25) is 0 Å². The third-order valence-electron chi connectivity index (χ3n) is 5.58. The largest absolute Gasteiger partial charge is 0.494 e. The molecule has 1 aliphatic rings. The van der Waals surface area contributed by atoms with Gasteiger partial charge in [0.05, 0.1) is 12.2 Å². The number of esters is 1. The normalized spacial score (nSPS) is 14.5. The minimum atomic E-state index is -0.339. The topological polar surface area (TPSA) is 43.7 Å². The Kier molecular flexibility index (Phi) is 5.91. The number of carbonyl (C=O) groups excluding carboxylic acids is 1. The van der Waals surface area contributed by atoms with E-state index in [0.29, 0.717) is 17.9 Å². The first kappa shape index (κ1) is 21.5. The summed E-state index contributed by atoms with van der Waals surface area (Å²) in [6.45, 7) is 6.70. The van der Waals surface area contributed by atoms with Crippen LogP contribution in [0, 0.1) is 13.8 Å². The standard InChI is InChI=1S/C27H28N2O3/c1-6-31-25-13-7-20(8-14-25)26-17-22(27(30)32-26)16-21-15-18(2)29(19(21)3)24-11-9-23(10-12-24)28(4)5/h7-17H,6H2,1-5H3/b22-16-. The van der Waals surface area contributed by atoms with Crippen molar-refractivity contribution >= 4 is 23.5 Å². The molecule has 32 heavy (non-hydrogen) atoms. The maximum absolute atomic E-state index is 12.5. The van der Waals surface area contributed by atoms with Gasteiger partial charge in [0.1, 0.15) is 11.5 Å². The molecule has 0 fully saturated rings. The van der Waals surface area contributed by atoms with Gasteiger partial charge in [-0.15, -0.1) is 0 Å². The molecule has 1 aliphatic heterocycles. The van der Waals surface area contributed by atoms with Gasteiger partial charge in [-0.3, -0.25) is 0 Å². The molecule has 0 saturated heterocycles. The molecule has 0 atom stereocenters. The number of hydrogen-bond donors (Lipinski definition) is 0. The van der Waals surface area contributed by atoms with Crippen LogP contribution in [0.3, 0.4) is 0 Å². The van der Waals surface area contributed by atoms with Gasteiger partial charge in [0, 0.05) is 42.4 Å². The number of hydrogen-bond acceptors (Lipinski definition) is 4. The van der Waals surface area contributed by atoms with Crippen molar-refractivity contribution in [2.45, 2.75) is 20.8 Å². The molecule has 164 valence electrons. The Bertz CT molecular complexity index is 1200. The molecule has 3 aromatic rings. The lowest BCUT2D eigenvalue weighted by Crippen LogP contribution is -2.08. The molecule has 4 rings (SSSR count). The van der Waals surface area contributed by atoms with Gasteiger partial charge in [-0.1, -0.05) is 0 Å². The summed E-state index contributed by atoms with van der Waals surface area (Å²) >= 11 is 0. The SMILES string of the molecule is CCOc1ccc(C2=C/C(=C/c3cc(C)n(-c4ccc(N(C)C)cc4)c3C)C(=O)O2)cc1. The lowest BCUT2D eigenvalue weighted by molar-refractivity contribution is -0.130. The summed E-state index contributed by atoms with van der Waals surface area (Å²) in [5.41, 5.74) is 6.80. The van der Waals surface area contributed by atoms with E-state index in [1.54, 1.807) is 6.08 Å². The summed E-state index contributed by atoms with van der Waals surface area (Å²) in [6, 6.07) is 18.1. The maximum atomic E-state index is 12.5. The van der Waals surface area contributed by atoms with Gasteiger partial charge >= 0.3 is 5.97 Å². The van der Waals surface area contributed by atoms with Crippen LogP contribution in [0.15, 0.2) is 66.2 Å². The highest BCUT2D eigenvalue weighted by Gasteiger charge is 2.23. The van der Waals surface area contributed by atoms with E-state index in [0.717, 1.165) is 39.6 Å². The van der Waals surface area contributed by atoms with Crippen molar-refractivity contribution in [1.82, 2.24) is 4.57 Å². The second kappa shape index (κ2) is 8.79. The van der Waals surface area contributed by atoms with E-state index in [1.165, 1.54) is 0 Å². The number of cyclic esters (lactones) is 1. The highest BCUT2D eigenvalue weighted by Crippen LogP contribution is 2.30. The van der Waals surface area contributed by atoms with Crippen LogP contribution in [0.5, 0.6) is 5.75 Å². The summed E-state index contributed by atoms with van der Waals surface area (Å²) in [5, 5.41) is 0. The van der Waals surface area contributed by atoms with E-state index in [4.69, 9.17) is 9.47 Å². The number of aromatic nitrogens is 1. The van der Waals surface area contributed by atoms with Gasteiger partial charge in [0.15, 0.2) is 0 Å². The van der Waals surface area contributed by atoms with Crippen LogP contribution in [-0.4, -0.2) is 31.2 Å². The Morgan fingerprint density at radius 1 is 1.03 bits per heavy atom. The molecule has 0 N–H and O–H groups in total. The number of carbonyl (C=O) groups is 1. The summed E-state index contributed by atoms with van der Waals surface area (Å²) in [5.74, 6) is 1.01. The fourth-order valence-corrected chi connectivity index (χ4v) is 3.91. The lowest BCUT2D eigenvalue weighted by atomic mass is 10.1. The van der Waals surface area contributed by atoms with Crippen molar-refractivity contribution in [3.63, 3.8) is 0 Å².